The maximum absolute atomic E-state index is 13.4. The van der Waals surface area contributed by atoms with Gasteiger partial charge >= 0.3 is 5.97 Å². The van der Waals surface area contributed by atoms with Gasteiger partial charge in [-0.1, -0.05) is 23.8 Å². The highest BCUT2D eigenvalue weighted by Gasteiger charge is 2.09. The molecule has 0 aliphatic carbocycles. The number of carbonyl (C=O) groups excluding carboxylic acids is 2. The Morgan fingerprint density at radius 1 is 1.12 bits per heavy atom. The summed E-state index contributed by atoms with van der Waals surface area (Å²) in [6, 6.07) is 12.4. The third-order valence-electron chi connectivity index (χ3n) is 3.42. The Bertz CT molecular complexity index is 747. The van der Waals surface area contributed by atoms with Crippen LogP contribution in [0, 0.1) is 19.7 Å². The van der Waals surface area contributed by atoms with Crippen LogP contribution in [0.25, 0.3) is 0 Å². The number of hydrogen-bond acceptors (Lipinski definition) is 4. The van der Waals surface area contributed by atoms with Gasteiger partial charge in [-0.25, -0.2) is 4.39 Å². The van der Waals surface area contributed by atoms with Gasteiger partial charge in [0, 0.05) is 16.3 Å². The largest absolute Gasteiger partial charge is 0.456 e. The Kier molecular flexibility index (Phi) is 7.01. The lowest BCUT2D eigenvalue weighted by Gasteiger charge is -2.07. The molecule has 1 N–H and O–H groups in total. The fourth-order valence-corrected chi connectivity index (χ4v) is 2.81. The standard InChI is InChI=1S/C19H20FNO3S/c1-13-3-7-16(8-4-13)25-10-9-19(23)24-12-18(22)21-15-6-5-14(2)17(20)11-15/h3-8,11H,9-10,12H2,1-2H3,(H,21,22). The monoisotopic (exact) mass is 361 g/mol. The Labute approximate surface area is 150 Å². The second-order valence-electron chi connectivity index (χ2n) is 5.58. The van der Waals surface area contributed by atoms with Crippen LogP contribution in [0.15, 0.2) is 47.4 Å². The zero-order valence-electron chi connectivity index (χ0n) is 14.2. The van der Waals surface area contributed by atoms with Gasteiger partial charge < -0.3 is 10.1 Å². The molecule has 0 bridgehead atoms. The third-order valence-corrected chi connectivity index (χ3v) is 4.43. The summed E-state index contributed by atoms with van der Waals surface area (Å²) in [5.74, 6) is -0.761. The van der Waals surface area contributed by atoms with Crippen LogP contribution in [0.1, 0.15) is 17.5 Å². The summed E-state index contributed by atoms with van der Waals surface area (Å²) < 4.78 is 18.3. The van der Waals surface area contributed by atoms with Crippen molar-refractivity contribution in [1.29, 1.82) is 0 Å². The Morgan fingerprint density at radius 2 is 1.84 bits per heavy atom. The lowest BCUT2D eigenvalue weighted by molar-refractivity contribution is -0.146. The second kappa shape index (κ2) is 9.22. The molecule has 0 heterocycles. The van der Waals surface area contributed by atoms with E-state index < -0.39 is 17.7 Å². The van der Waals surface area contributed by atoms with Crippen LogP contribution in [0.5, 0.6) is 0 Å². The smallest absolute Gasteiger partial charge is 0.307 e. The summed E-state index contributed by atoms with van der Waals surface area (Å²) in [7, 11) is 0. The first-order valence-corrected chi connectivity index (χ1v) is 8.83. The van der Waals surface area contributed by atoms with E-state index in [1.165, 1.54) is 11.6 Å². The van der Waals surface area contributed by atoms with Crippen molar-refractivity contribution in [2.45, 2.75) is 25.2 Å². The molecular weight excluding hydrogens is 341 g/mol. The highest BCUT2D eigenvalue weighted by atomic mass is 32.2. The van der Waals surface area contributed by atoms with Crippen molar-refractivity contribution in [2.75, 3.05) is 17.7 Å². The highest BCUT2D eigenvalue weighted by molar-refractivity contribution is 7.99. The average Bonchev–Trinajstić information content (AvgIpc) is 2.58. The zero-order chi connectivity index (χ0) is 18.2. The molecular formula is C19H20FNO3S. The van der Waals surface area contributed by atoms with Crippen LogP contribution < -0.4 is 5.32 Å². The maximum atomic E-state index is 13.4. The molecule has 6 heteroatoms. The number of halogens is 1. The number of aryl methyl sites for hydroxylation is 2. The van der Waals surface area contributed by atoms with Crippen molar-refractivity contribution < 1.29 is 18.7 Å². The molecule has 2 aromatic rings. The molecule has 2 aromatic carbocycles. The highest BCUT2D eigenvalue weighted by Crippen LogP contribution is 2.19. The van der Waals surface area contributed by atoms with Crippen molar-refractivity contribution >= 4 is 29.3 Å². The number of hydrogen-bond donors (Lipinski definition) is 1. The first-order chi connectivity index (χ1) is 11.9. The molecule has 0 saturated heterocycles. The van der Waals surface area contributed by atoms with Crippen LogP contribution in [0.3, 0.4) is 0 Å². The van der Waals surface area contributed by atoms with E-state index in [1.54, 1.807) is 30.8 Å². The quantitative estimate of drug-likeness (QED) is 0.596. The van der Waals surface area contributed by atoms with E-state index in [2.05, 4.69) is 5.32 Å². The Morgan fingerprint density at radius 3 is 2.52 bits per heavy atom. The SMILES string of the molecule is Cc1ccc(SCCC(=O)OCC(=O)Nc2ccc(C)c(F)c2)cc1. The summed E-state index contributed by atoms with van der Waals surface area (Å²) in [5, 5.41) is 2.49. The predicted molar refractivity (Wildman–Crippen MR) is 97.2 cm³/mol. The zero-order valence-corrected chi connectivity index (χ0v) is 15.0. The van der Waals surface area contributed by atoms with E-state index in [9.17, 15) is 14.0 Å². The van der Waals surface area contributed by atoms with E-state index in [0.717, 1.165) is 4.90 Å². The van der Waals surface area contributed by atoms with Crippen LogP contribution in [-0.2, 0) is 14.3 Å². The maximum Gasteiger partial charge on any atom is 0.307 e. The topological polar surface area (TPSA) is 55.4 Å². The van der Waals surface area contributed by atoms with Gasteiger partial charge in [0.15, 0.2) is 6.61 Å². The second-order valence-corrected chi connectivity index (χ2v) is 6.75. The van der Waals surface area contributed by atoms with Crippen molar-refractivity contribution in [3.05, 3.63) is 59.4 Å². The fourth-order valence-electron chi connectivity index (χ4n) is 1.97. The van der Waals surface area contributed by atoms with Gasteiger partial charge in [-0.15, -0.1) is 11.8 Å². The van der Waals surface area contributed by atoms with Crippen molar-refractivity contribution in [1.82, 2.24) is 0 Å². The molecule has 2 rings (SSSR count). The third kappa shape index (κ3) is 6.58. The first-order valence-electron chi connectivity index (χ1n) is 7.85. The van der Waals surface area contributed by atoms with Gasteiger partial charge in [0.05, 0.1) is 6.42 Å². The normalized spacial score (nSPS) is 10.4. The van der Waals surface area contributed by atoms with Crippen molar-refractivity contribution in [2.24, 2.45) is 0 Å². The number of ether oxygens (including phenoxy) is 1. The summed E-state index contributed by atoms with van der Waals surface area (Å²) in [6.45, 7) is 3.27. The molecule has 0 aliphatic heterocycles. The van der Waals surface area contributed by atoms with Crippen LogP contribution in [0.4, 0.5) is 10.1 Å². The van der Waals surface area contributed by atoms with Gasteiger partial charge in [0.2, 0.25) is 0 Å². The molecule has 25 heavy (non-hydrogen) atoms. The number of anilines is 1. The van der Waals surface area contributed by atoms with Crippen molar-refractivity contribution in [3.63, 3.8) is 0 Å². The Hall–Kier alpha value is -2.34. The summed E-state index contributed by atoms with van der Waals surface area (Å²) in [4.78, 5) is 24.5. The average molecular weight is 361 g/mol. The van der Waals surface area contributed by atoms with Gasteiger partial charge in [0.25, 0.3) is 5.91 Å². The molecule has 0 atom stereocenters. The molecule has 0 spiro atoms. The summed E-state index contributed by atoms with van der Waals surface area (Å²) in [6.07, 6.45) is 0.213. The molecule has 132 valence electrons. The molecule has 0 saturated carbocycles. The summed E-state index contributed by atoms with van der Waals surface area (Å²) in [5.41, 5.74) is 2.01. The summed E-state index contributed by atoms with van der Waals surface area (Å²) >= 11 is 1.55. The van der Waals surface area contributed by atoms with Crippen LogP contribution >= 0.6 is 11.8 Å². The Balaban J connectivity index is 1.67. The van der Waals surface area contributed by atoms with Crippen LogP contribution in [-0.4, -0.2) is 24.2 Å². The number of carbonyl (C=O) groups is 2. The molecule has 0 unspecified atom stereocenters. The molecule has 0 aromatic heterocycles. The van der Waals surface area contributed by atoms with E-state index in [-0.39, 0.29) is 13.0 Å². The van der Waals surface area contributed by atoms with Crippen LogP contribution in [0.2, 0.25) is 0 Å². The number of thioether (sulfide) groups is 1. The van der Waals surface area contributed by atoms with Gasteiger partial charge in [-0.05, 0) is 43.7 Å². The molecule has 4 nitrogen and oxygen atoms in total. The van der Waals surface area contributed by atoms with E-state index >= 15 is 0 Å². The van der Waals surface area contributed by atoms with Gasteiger partial charge in [-0.2, -0.15) is 0 Å². The predicted octanol–water partition coefficient (Wildman–Crippen LogP) is 4.11. The van der Waals surface area contributed by atoms with E-state index in [1.807, 2.05) is 31.2 Å². The minimum Gasteiger partial charge on any atom is -0.456 e. The lowest BCUT2D eigenvalue weighted by atomic mass is 10.2. The van der Waals surface area contributed by atoms with E-state index in [0.29, 0.717) is 17.0 Å². The molecule has 0 aliphatic rings. The first kappa shape index (κ1) is 19.0. The molecule has 0 fully saturated rings. The van der Waals surface area contributed by atoms with Gasteiger partial charge in [0.1, 0.15) is 5.82 Å². The number of esters is 1. The molecule has 1 amide bonds. The number of nitrogens with one attached hydrogen (secondary N) is 1. The molecule has 0 radical (unpaired) electrons. The minimum absolute atomic E-state index is 0.213. The number of rotatable bonds is 7. The lowest BCUT2D eigenvalue weighted by Crippen LogP contribution is -2.21. The van der Waals surface area contributed by atoms with Gasteiger partial charge in [-0.3, -0.25) is 9.59 Å². The van der Waals surface area contributed by atoms with Crippen molar-refractivity contribution in [3.8, 4) is 0 Å². The number of amides is 1. The number of benzene rings is 2. The minimum atomic E-state index is -0.497. The fraction of sp³-hybridized carbons (Fsp3) is 0.263. The van der Waals surface area contributed by atoms with E-state index in [4.69, 9.17) is 4.74 Å².